The van der Waals surface area contributed by atoms with Crippen LogP contribution >= 0.6 is 0 Å². The van der Waals surface area contributed by atoms with Gasteiger partial charge in [-0.1, -0.05) is 78.9 Å². The summed E-state index contributed by atoms with van der Waals surface area (Å²) < 4.78 is 45.3. The molecule has 0 bridgehead atoms. The molecule has 392 valence electrons. The van der Waals surface area contributed by atoms with E-state index >= 15 is 0 Å². The van der Waals surface area contributed by atoms with Gasteiger partial charge in [-0.15, -0.1) is 0 Å². The number of benzene rings is 4. The first-order chi connectivity index (χ1) is 35.6. The normalized spacial score (nSPS) is 13.6. The van der Waals surface area contributed by atoms with Crippen LogP contribution in [0.5, 0.6) is 5.75 Å². The number of nitrogens with one attached hydrogen (secondary N) is 3. The van der Waals surface area contributed by atoms with Gasteiger partial charge >= 0.3 is 6.18 Å². The number of amides is 3. The lowest BCUT2D eigenvalue weighted by Crippen LogP contribution is -2.48. The van der Waals surface area contributed by atoms with Crippen molar-refractivity contribution >= 4 is 47.5 Å². The van der Waals surface area contributed by atoms with E-state index in [9.17, 15) is 32.7 Å². The Kier molecular flexibility index (Phi) is 20.7. The predicted molar refractivity (Wildman–Crippen MR) is 274 cm³/mol. The lowest BCUT2D eigenvalue weighted by molar-refractivity contribution is -0.710. The second-order valence-electron chi connectivity index (χ2n) is 18.0. The third-order valence-corrected chi connectivity index (χ3v) is 12.6. The van der Waals surface area contributed by atoms with Gasteiger partial charge in [-0.25, -0.2) is 0 Å². The first kappa shape index (κ1) is 55.7. The van der Waals surface area contributed by atoms with Crippen LogP contribution in [0.1, 0.15) is 81.9 Å². The number of pyridine rings is 1. The molecule has 0 spiro atoms. The van der Waals surface area contributed by atoms with Gasteiger partial charge in [-0.2, -0.15) is 17.7 Å². The number of ether oxygens (including phenoxy) is 2. The van der Waals surface area contributed by atoms with Crippen LogP contribution in [0, 0.1) is 13.8 Å². The molecule has 3 heterocycles. The molecule has 5 aromatic rings. The summed E-state index contributed by atoms with van der Waals surface area (Å²) in [6.07, 6.45) is 4.67. The van der Waals surface area contributed by atoms with Crippen molar-refractivity contribution in [1.82, 2.24) is 16.0 Å². The van der Waals surface area contributed by atoms with E-state index in [0.29, 0.717) is 26.2 Å². The molecule has 18 heteroatoms. The van der Waals surface area contributed by atoms with Crippen molar-refractivity contribution in [2.24, 2.45) is 10.7 Å². The molecule has 2 aliphatic rings. The molecule has 4 aromatic carbocycles. The average molecular weight is 1020 g/mol. The van der Waals surface area contributed by atoms with Crippen molar-refractivity contribution in [2.75, 3.05) is 51.0 Å². The van der Waals surface area contributed by atoms with Crippen LogP contribution < -0.4 is 36.3 Å². The van der Waals surface area contributed by atoms with Crippen molar-refractivity contribution < 1.29 is 56.6 Å². The number of guanidine groups is 1. The summed E-state index contributed by atoms with van der Waals surface area (Å²) in [6, 6.07) is 33.6. The van der Waals surface area contributed by atoms with Crippen LogP contribution in [0.15, 0.2) is 114 Å². The fourth-order valence-corrected chi connectivity index (χ4v) is 8.96. The number of hydrogen-bond donors (Lipinski definition) is 5. The van der Waals surface area contributed by atoms with Gasteiger partial charge in [0, 0.05) is 57.3 Å². The molecule has 3 amide bonds. The molecular formula is C56H64F3N7O8. The van der Waals surface area contributed by atoms with Crippen LogP contribution in [0.25, 0.3) is 12.2 Å². The number of carbonyl (C=O) groups is 4. The molecule has 0 aliphatic carbocycles. The number of aliphatic imine (C=N–C) groups is 1. The van der Waals surface area contributed by atoms with Crippen LogP contribution in [0.2, 0.25) is 0 Å². The Hall–Kier alpha value is -7.57. The number of alkyl halides is 3. The number of carboxylic acid groups (broad SMARTS) is 1. The van der Waals surface area contributed by atoms with E-state index < -0.39 is 30.0 Å². The van der Waals surface area contributed by atoms with Gasteiger partial charge in [0.25, 0.3) is 5.91 Å². The zero-order valence-corrected chi connectivity index (χ0v) is 41.7. The van der Waals surface area contributed by atoms with Gasteiger partial charge in [0.1, 0.15) is 31.0 Å². The van der Waals surface area contributed by atoms with Gasteiger partial charge in [0.05, 0.1) is 19.1 Å². The second-order valence-corrected chi connectivity index (χ2v) is 18.0. The Morgan fingerprint density at radius 2 is 1.45 bits per heavy atom. The molecule has 0 saturated carbocycles. The number of aliphatic carboxylic acids is 1. The molecule has 7 rings (SSSR count). The van der Waals surface area contributed by atoms with Crippen LogP contribution in [-0.4, -0.2) is 93.0 Å². The fraction of sp³-hybridized carbons (Fsp3) is 0.357. The summed E-state index contributed by atoms with van der Waals surface area (Å²) in [7, 11) is 0. The summed E-state index contributed by atoms with van der Waals surface area (Å²) in [5.41, 5.74) is 17.7. The van der Waals surface area contributed by atoms with E-state index in [1.54, 1.807) is 24.3 Å². The number of anilines is 1. The maximum atomic E-state index is 14.0. The number of nitrogens with two attached hydrogens (primary N) is 1. The molecule has 0 saturated heterocycles. The molecule has 0 radical (unpaired) electrons. The number of halogens is 3. The molecule has 0 unspecified atom stereocenters. The summed E-state index contributed by atoms with van der Waals surface area (Å²) >= 11 is 0. The summed E-state index contributed by atoms with van der Waals surface area (Å²) in [5, 5.41) is 26.9. The number of aromatic hydroxyl groups is 1. The van der Waals surface area contributed by atoms with Crippen molar-refractivity contribution in [2.45, 2.75) is 83.6 Å². The highest BCUT2D eigenvalue weighted by Crippen LogP contribution is 2.36. The van der Waals surface area contributed by atoms with Gasteiger partial charge in [-0.3, -0.25) is 24.7 Å². The third kappa shape index (κ3) is 16.7. The van der Waals surface area contributed by atoms with Crippen molar-refractivity contribution in [3.05, 3.63) is 160 Å². The Labute approximate surface area is 429 Å². The number of rotatable bonds is 21. The summed E-state index contributed by atoms with van der Waals surface area (Å²) in [5.74, 6) is -4.72. The standard InChI is InChI=1S/C54H63N7O6.C2HF3O2/c1-38-19-23-42(24-20-41-34-45-16-10-28-60-29-11-17-46(35-41)51(45)60)39(2)61(38)30-31-66-32-33-67-37-49(63)59-54(55)56-27-9-18-48(52(64)57-36-40-21-25-47(62)26-22-40)58-53(65)50(43-12-5-3-6-13-43)44-14-7-4-8-15-44;3-2(4,5)1(6)7/h3-8,12-15,19-26,34-35,48,50H,9-11,16-18,27-33,36-37H2,1-2H3,(H5-,55,56,57,58,59,62,63,64,65);(H,6,7)/b24-20+;/t48-;/m1./s1. The Morgan fingerprint density at radius 1 is 0.838 bits per heavy atom. The minimum atomic E-state index is -5.19. The number of carbonyl (C=O) groups excluding carboxylic acids is 4. The highest BCUT2D eigenvalue weighted by molar-refractivity contribution is 5.96. The number of carboxylic acids is 1. The quantitative estimate of drug-likeness (QED) is 0.0276. The van der Waals surface area contributed by atoms with Crippen molar-refractivity contribution in [3.63, 3.8) is 0 Å². The number of aromatic nitrogens is 1. The molecule has 6 N–H and O–H groups in total. The summed E-state index contributed by atoms with van der Waals surface area (Å²) in [4.78, 5) is 55.8. The largest absolute Gasteiger partial charge is 0.542 e. The Morgan fingerprint density at radius 3 is 2.05 bits per heavy atom. The molecular weight excluding hydrogens is 956 g/mol. The van der Waals surface area contributed by atoms with Gasteiger partial charge < -0.3 is 45.7 Å². The van der Waals surface area contributed by atoms with E-state index in [2.05, 4.69) is 80.7 Å². The topological polar surface area (TPSA) is 212 Å². The maximum absolute atomic E-state index is 14.0. The first-order valence-corrected chi connectivity index (χ1v) is 24.7. The first-order valence-electron chi connectivity index (χ1n) is 24.7. The molecule has 0 fully saturated rings. The number of phenols is 1. The SMILES string of the molecule is Cc1ccc(/C=C/c2cc3c4c(c2)CCCN4CCC3)c(C)[n+]1CCOCCOCC(=O)NC(N)=NCCC[C@@H](NC(=O)C(c1ccccc1)c1ccccc1)C(=O)NCc1ccc(O)cc1.O=C([O-])C(F)(F)F. The van der Waals surface area contributed by atoms with Gasteiger partial charge in [0.15, 0.2) is 23.9 Å². The maximum Gasteiger partial charge on any atom is 0.430 e. The Balaban J connectivity index is 0.00000119. The zero-order valence-electron chi connectivity index (χ0n) is 41.7. The number of nitrogens with zero attached hydrogens (tertiary/aromatic N) is 3. The number of aryl methyl sites for hydroxylation is 3. The van der Waals surface area contributed by atoms with Gasteiger partial charge in [0.2, 0.25) is 11.8 Å². The molecule has 2 aliphatic heterocycles. The molecule has 1 atom stereocenters. The van der Waals surface area contributed by atoms with E-state index in [-0.39, 0.29) is 56.2 Å². The monoisotopic (exact) mass is 1020 g/mol. The smallest absolute Gasteiger partial charge is 0.430 e. The zero-order chi connectivity index (χ0) is 53.0. The average Bonchev–Trinajstić information content (AvgIpc) is 3.38. The van der Waals surface area contributed by atoms with Crippen molar-refractivity contribution in [1.29, 1.82) is 0 Å². The van der Waals surface area contributed by atoms with Crippen LogP contribution in [0.4, 0.5) is 18.9 Å². The van der Waals surface area contributed by atoms with E-state index in [1.807, 2.05) is 60.7 Å². The van der Waals surface area contributed by atoms with Crippen molar-refractivity contribution in [3.8, 4) is 5.75 Å². The lowest BCUT2D eigenvalue weighted by atomic mass is 9.90. The minimum absolute atomic E-state index is 0.0703. The van der Waals surface area contributed by atoms with E-state index in [0.717, 1.165) is 35.2 Å². The van der Waals surface area contributed by atoms with Crippen LogP contribution in [0.3, 0.4) is 0 Å². The fourth-order valence-electron chi connectivity index (χ4n) is 8.96. The highest BCUT2D eigenvalue weighted by atomic mass is 19.4. The predicted octanol–water partition coefficient (Wildman–Crippen LogP) is 5.34. The van der Waals surface area contributed by atoms with Crippen LogP contribution in [-0.2, 0) is 54.6 Å². The molecule has 74 heavy (non-hydrogen) atoms. The third-order valence-electron chi connectivity index (χ3n) is 12.6. The minimum Gasteiger partial charge on any atom is -0.542 e. The highest BCUT2D eigenvalue weighted by Gasteiger charge is 2.30. The molecule has 15 nitrogen and oxygen atoms in total. The Bertz CT molecular complexity index is 2670. The second kappa shape index (κ2) is 27.5. The lowest BCUT2D eigenvalue weighted by Gasteiger charge is -2.37. The van der Waals surface area contributed by atoms with E-state index in [1.165, 1.54) is 59.6 Å². The van der Waals surface area contributed by atoms with Gasteiger partial charge in [-0.05, 0) is 108 Å². The number of hydrogen-bond acceptors (Lipinski definition) is 10. The molecule has 1 aromatic heterocycles. The summed E-state index contributed by atoms with van der Waals surface area (Å²) in [6.45, 7) is 8.52. The van der Waals surface area contributed by atoms with E-state index in [4.69, 9.17) is 25.1 Å². The number of phenolic OH excluding ortho intramolecular Hbond substituents is 1.